The minimum absolute atomic E-state index is 0.316. The maximum absolute atomic E-state index is 13.5. The highest BCUT2D eigenvalue weighted by Crippen LogP contribution is 2.31. The van der Waals surface area contributed by atoms with Crippen LogP contribution in [-0.2, 0) is 0 Å². The van der Waals surface area contributed by atoms with Gasteiger partial charge in [0.1, 0.15) is 5.75 Å². The molecule has 21 heavy (non-hydrogen) atoms. The lowest BCUT2D eigenvalue weighted by Gasteiger charge is -2.20. The fourth-order valence-electron chi connectivity index (χ4n) is 2.17. The van der Waals surface area contributed by atoms with E-state index in [-0.39, 0.29) is 6.04 Å². The summed E-state index contributed by atoms with van der Waals surface area (Å²) in [6.45, 7) is 2.59. The highest BCUT2D eigenvalue weighted by atomic mass is 35.5. The second kappa shape index (κ2) is 6.87. The van der Waals surface area contributed by atoms with Crippen LogP contribution in [0.3, 0.4) is 0 Å². The Morgan fingerprint density at radius 2 is 1.90 bits per heavy atom. The van der Waals surface area contributed by atoms with Crippen LogP contribution in [0, 0.1) is 11.6 Å². The maximum Gasteiger partial charge on any atom is 0.159 e. The zero-order valence-electron chi connectivity index (χ0n) is 11.8. The van der Waals surface area contributed by atoms with Crippen molar-refractivity contribution >= 4 is 11.6 Å². The first-order chi connectivity index (χ1) is 10.1. The zero-order valence-corrected chi connectivity index (χ0v) is 12.5. The number of methoxy groups -OCH3 is 1. The smallest absolute Gasteiger partial charge is 0.159 e. The largest absolute Gasteiger partial charge is 0.497 e. The lowest BCUT2D eigenvalue weighted by atomic mass is 9.98. The van der Waals surface area contributed by atoms with Crippen molar-refractivity contribution < 1.29 is 13.5 Å². The minimum atomic E-state index is -0.875. The van der Waals surface area contributed by atoms with Crippen molar-refractivity contribution in [3.8, 4) is 5.75 Å². The number of ether oxygens (including phenoxy) is 1. The van der Waals surface area contributed by atoms with Gasteiger partial charge in [0.15, 0.2) is 11.6 Å². The summed E-state index contributed by atoms with van der Waals surface area (Å²) in [5, 5.41) is 3.73. The van der Waals surface area contributed by atoms with Crippen molar-refractivity contribution in [2.75, 3.05) is 13.7 Å². The van der Waals surface area contributed by atoms with Gasteiger partial charge in [-0.15, -0.1) is 0 Å². The molecule has 1 N–H and O–H groups in total. The standard InChI is InChI=1S/C16H16ClF2NO/c1-3-20-16(10-4-7-14(18)15(19)8-10)12-6-5-11(21-2)9-13(12)17/h4-9,16,20H,3H2,1-2H3. The van der Waals surface area contributed by atoms with Crippen LogP contribution in [0.4, 0.5) is 8.78 Å². The Morgan fingerprint density at radius 1 is 1.14 bits per heavy atom. The Hall–Kier alpha value is -1.65. The Bertz CT molecular complexity index is 634. The molecule has 112 valence electrons. The van der Waals surface area contributed by atoms with Crippen molar-refractivity contribution in [2.24, 2.45) is 0 Å². The number of nitrogens with one attached hydrogen (secondary N) is 1. The molecule has 0 spiro atoms. The summed E-state index contributed by atoms with van der Waals surface area (Å²) in [4.78, 5) is 0. The Labute approximate surface area is 127 Å². The molecular weight excluding hydrogens is 296 g/mol. The molecule has 0 amide bonds. The molecule has 1 atom stereocenters. The molecule has 0 saturated carbocycles. The minimum Gasteiger partial charge on any atom is -0.497 e. The lowest BCUT2D eigenvalue weighted by Crippen LogP contribution is -2.22. The number of rotatable bonds is 5. The Morgan fingerprint density at radius 3 is 2.48 bits per heavy atom. The zero-order chi connectivity index (χ0) is 15.4. The highest BCUT2D eigenvalue weighted by molar-refractivity contribution is 6.31. The third-order valence-electron chi connectivity index (χ3n) is 3.20. The van der Waals surface area contributed by atoms with E-state index in [0.717, 1.165) is 11.6 Å². The number of hydrogen-bond acceptors (Lipinski definition) is 2. The van der Waals surface area contributed by atoms with E-state index >= 15 is 0 Å². The fourth-order valence-corrected chi connectivity index (χ4v) is 2.45. The van der Waals surface area contributed by atoms with Crippen LogP contribution < -0.4 is 10.1 Å². The molecule has 0 aliphatic rings. The van der Waals surface area contributed by atoms with Gasteiger partial charge < -0.3 is 10.1 Å². The summed E-state index contributed by atoms with van der Waals surface area (Å²) in [6.07, 6.45) is 0. The van der Waals surface area contributed by atoms with Crippen LogP contribution in [0.5, 0.6) is 5.75 Å². The average Bonchev–Trinajstić information content (AvgIpc) is 2.48. The molecule has 0 heterocycles. The van der Waals surface area contributed by atoms with Crippen LogP contribution in [0.15, 0.2) is 36.4 Å². The van der Waals surface area contributed by atoms with Crippen molar-refractivity contribution in [1.29, 1.82) is 0 Å². The van der Waals surface area contributed by atoms with E-state index in [1.54, 1.807) is 25.3 Å². The summed E-state index contributed by atoms with van der Waals surface area (Å²) in [7, 11) is 1.56. The predicted molar refractivity (Wildman–Crippen MR) is 79.9 cm³/mol. The average molecular weight is 312 g/mol. The van der Waals surface area contributed by atoms with Gasteiger partial charge in [0.25, 0.3) is 0 Å². The van der Waals surface area contributed by atoms with Gasteiger partial charge in [-0.1, -0.05) is 30.7 Å². The molecule has 0 fully saturated rings. The Balaban J connectivity index is 2.45. The second-order valence-corrected chi connectivity index (χ2v) is 4.96. The summed E-state index contributed by atoms with van der Waals surface area (Å²) in [5.41, 5.74) is 1.40. The van der Waals surface area contributed by atoms with Crippen LogP contribution >= 0.6 is 11.6 Å². The van der Waals surface area contributed by atoms with Crippen molar-refractivity contribution in [1.82, 2.24) is 5.32 Å². The summed E-state index contributed by atoms with van der Waals surface area (Å²) in [5.74, 6) is -1.10. The summed E-state index contributed by atoms with van der Waals surface area (Å²) >= 11 is 6.27. The third kappa shape index (κ3) is 3.52. The van der Waals surface area contributed by atoms with Gasteiger partial charge in [-0.05, 0) is 41.9 Å². The Kier molecular flexibility index (Phi) is 5.15. The molecule has 0 radical (unpaired) electrons. The summed E-state index contributed by atoms with van der Waals surface area (Å²) in [6, 6.07) is 8.83. The van der Waals surface area contributed by atoms with Crippen LogP contribution in [0.25, 0.3) is 0 Å². The van der Waals surface area contributed by atoms with Gasteiger partial charge in [0, 0.05) is 5.02 Å². The van der Waals surface area contributed by atoms with Crippen molar-refractivity contribution in [2.45, 2.75) is 13.0 Å². The first-order valence-corrected chi connectivity index (χ1v) is 6.96. The molecule has 0 bridgehead atoms. The van der Waals surface area contributed by atoms with Crippen LogP contribution in [-0.4, -0.2) is 13.7 Å². The third-order valence-corrected chi connectivity index (χ3v) is 3.53. The number of benzene rings is 2. The lowest BCUT2D eigenvalue weighted by molar-refractivity contribution is 0.414. The van der Waals surface area contributed by atoms with E-state index in [1.807, 2.05) is 13.0 Å². The molecule has 5 heteroatoms. The number of halogens is 3. The predicted octanol–water partition coefficient (Wildman–Crippen LogP) is 4.33. The molecule has 2 aromatic carbocycles. The quantitative estimate of drug-likeness (QED) is 0.887. The molecule has 1 unspecified atom stereocenters. The van der Waals surface area contributed by atoms with E-state index < -0.39 is 11.6 Å². The molecule has 2 aromatic rings. The fraction of sp³-hybridized carbons (Fsp3) is 0.250. The normalized spacial score (nSPS) is 12.2. The maximum atomic E-state index is 13.5. The van der Waals surface area contributed by atoms with Gasteiger partial charge in [0.2, 0.25) is 0 Å². The topological polar surface area (TPSA) is 21.3 Å². The molecule has 0 aromatic heterocycles. The SMILES string of the molecule is CCNC(c1ccc(F)c(F)c1)c1ccc(OC)cc1Cl. The highest BCUT2D eigenvalue weighted by Gasteiger charge is 2.18. The van der Waals surface area contributed by atoms with Crippen molar-refractivity contribution in [3.63, 3.8) is 0 Å². The first kappa shape index (κ1) is 15.7. The van der Waals surface area contributed by atoms with Gasteiger partial charge >= 0.3 is 0 Å². The second-order valence-electron chi connectivity index (χ2n) is 4.55. The van der Waals surface area contributed by atoms with E-state index in [4.69, 9.17) is 16.3 Å². The molecule has 0 saturated heterocycles. The molecule has 2 rings (SSSR count). The molecular formula is C16H16ClF2NO. The van der Waals surface area contributed by atoms with Crippen molar-refractivity contribution in [3.05, 3.63) is 64.2 Å². The molecule has 0 aliphatic carbocycles. The van der Waals surface area contributed by atoms with E-state index in [2.05, 4.69) is 5.32 Å². The number of hydrogen-bond donors (Lipinski definition) is 1. The monoisotopic (exact) mass is 311 g/mol. The van der Waals surface area contributed by atoms with Gasteiger partial charge in [0.05, 0.1) is 13.2 Å². The summed E-state index contributed by atoms with van der Waals surface area (Å²) < 4.78 is 31.7. The van der Waals surface area contributed by atoms with E-state index in [0.29, 0.717) is 22.9 Å². The first-order valence-electron chi connectivity index (χ1n) is 6.58. The van der Waals surface area contributed by atoms with E-state index in [1.165, 1.54) is 6.07 Å². The van der Waals surface area contributed by atoms with Gasteiger partial charge in [-0.2, -0.15) is 0 Å². The van der Waals surface area contributed by atoms with Crippen LogP contribution in [0.2, 0.25) is 5.02 Å². The van der Waals surface area contributed by atoms with E-state index in [9.17, 15) is 8.78 Å². The van der Waals surface area contributed by atoms with Crippen LogP contribution in [0.1, 0.15) is 24.1 Å². The van der Waals surface area contributed by atoms with Gasteiger partial charge in [-0.3, -0.25) is 0 Å². The van der Waals surface area contributed by atoms with Gasteiger partial charge in [-0.25, -0.2) is 8.78 Å². The molecule has 2 nitrogen and oxygen atoms in total. The molecule has 0 aliphatic heterocycles.